The third-order valence-corrected chi connectivity index (χ3v) is 6.29. The third-order valence-electron chi connectivity index (χ3n) is 5.19. The van der Waals surface area contributed by atoms with Gasteiger partial charge in [-0.15, -0.1) is 23.2 Å². The number of hydrogen-bond donors (Lipinski definition) is 1. The number of carbonyl (C=O) groups excluding carboxylic acids is 1. The molecule has 4 nitrogen and oxygen atoms in total. The predicted octanol–water partition coefficient (Wildman–Crippen LogP) is 2.50. The molecule has 0 aromatic heterocycles. The second-order valence-electron chi connectivity index (χ2n) is 7.07. The number of carbonyl (C=O) groups is 1. The standard InChI is InChI=1S/C18H25Cl2N3O/c1-17(14-18(17,19)20)16(24)21-7-8-22-9-11-23(12-10-22)13-15-5-3-2-4-6-15/h2-6H,7-14H2,1H3,(H,21,24). The van der Waals surface area contributed by atoms with Gasteiger partial charge in [0.1, 0.15) is 4.33 Å². The number of rotatable bonds is 6. The molecule has 2 fully saturated rings. The summed E-state index contributed by atoms with van der Waals surface area (Å²) in [5, 5.41) is 2.98. The highest BCUT2D eigenvalue weighted by atomic mass is 35.5. The molecule has 24 heavy (non-hydrogen) atoms. The van der Waals surface area contributed by atoms with E-state index in [-0.39, 0.29) is 5.91 Å². The molecule has 1 N–H and O–H groups in total. The molecule has 0 radical (unpaired) electrons. The van der Waals surface area contributed by atoms with E-state index in [1.54, 1.807) is 0 Å². The first-order valence-electron chi connectivity index (χ1n) is 8.55. The highest BCUT2D eigenvalue weighted by Gasteiger charge is 2.67. The molecular formula is C18H25Cl2N3O. The Bertz CT molecular complexity index is 573. The Morgan fingerprint density at radius 1 is 1.12 bits per heavy atom. The summed E-state index contributed by atoms with van der Waals surface area (Å²) < 4.78 is -0.889. The molecule has 1 heterocycles. The van der Waals surface area contributed by atoms with E-state index in [0.717, 1.165) is 39.3 Å². The summed E-state index contributed by atoms with van der Waals surface area (Å²) >= 11 is 12.1. The molecule has 2 aliphatic rings. The van der Waals surface area contributed by atoms with E-state index in [2.05, 4.69) is 45.4 Å². The number of nitrogens with one attached hydrogen (secondary N) is 1. The Labute approximate surface area is 154 Å². The Balaban J connectivity index is 1.34. The van der Waals surface area contributed by atoms with Crippen molar-refractivity contribution in [2.24, 2.45) is 5.41 Å². The average Bonchev–Trinajstić information content (AvgIpc) is 3.09. The van der Waals surface area contributed by atoms with Crippen LogP contribution < -0.4 is 5.32 Å². The van der Waals surface area contributed by atoms with Gasteiger partial charge < -0.3 is 5.32 Å². The number of amides is 1. The molecule has 3 rings (SSSR count). The molecular weight excluding hydrogens is 345 g/mol. The van der Waals surface area contributed by atoms with Crippen LogP contribution in [0.1, 0.15) is 18.9 Å². The van der Waals surface area contributed by atoms with Crippen LogP contribution >= 0.6 is 23.2 Å². The van der Waals surface area contributed by atoms with Gasteiger partial charge in [-0.3, -0.25) is 14.6 Å². The fraction of sp³-hybridized carbons (Fsp3) is 0.611. The fourth-order valence-electron chi connectivity index (χ4n) is 3.18. The van der Waals surface area contributed by atoms with Crippen LogP contribution in [0, 0.1) is 5.41 Å². The van der Waals surface area contributed by atoms with Crippen LogP contribution in [-0.4, -0.2) is 59.3 Å². The quantitative estimate of drug-likeness (QED) is 0.782. The van der Waals surface area contributed by atoms with Gasteiger partial charge in [-0.05, 0) is 18.9 Å². The van der Waals surface area contributed by atoms with Crippen LogP contribution in [0.25, 0.3) is 0 Å². The molecule has 1 aromatic rings. The largest absolute Gasteiger partial charge is 0.354 e. The summed E-state index contributed by atoms with van der Waals surface area (Å²) in [5.41, 5.74) is 0.742. The minimum atomic E-state index is -0.889. The first-order chi connectivity index (χ1) is 11.4. The molecule has 1 atom stereocenters. The van der Waals surface area contributed by atoms with Crippen molar-refractivity contribution in [3.8, 4) is 0 Å². The van der Waals surface area contributed by atoms with Crippen molar-refractivity contribution in [3.05, 3.63) is 35.9 Å². The summed E-state index contributed by atoms with van der Waals surface area (Å²) in [6, 6.07) is 10.6. The molecule has 1 aliphatic carbocycles. The molecule has 0 spiro atoms. The van der Waals surface area contributed by atoms with Gasteiger partial charge >= 0.3 is 0 Å². The molecule has 1 unspecified atom stereocenters. The molecule has 132 valence electrons. The van der Waals surface area contributed by atoms with Gasteiger partial charge in [-0.2, -0.15) is 0 Å². The summed E-state index contributed by atoms with van der Waals surface area (Å²) in [7, 11) is 0. The number of alkyl halides is 2. The first kappa shape index (κ1) is 18.0. The van der Waals surface area contributed by atoms with Crippen molar-refractivity contribution in [2.75, 3.05) is 39.3 Å². The van der Waals surface area contributed by atoms with E-state index in [9.17, 15) is 4.79 Å². The summed E-state index contributed by atoms with van der Waals surface area (Å²) in [6.45, 7) is 8.56. The fourth-order valence-corrected chi connectivity index (χ4v) is 3.89. The van der Waals surface area contributed by atoms with Gasteiger partial charge in [0, 0.05) is 45.8 Å². The van der Waals surface area contributed by atoms with Gasteiger partial charge in [-0.1, -0.05) is 30.3 Å². The van der Waals surface area contributed by atoms with E-state index in [4.69, 9.17) is 23.2 Å². The number of halogens is 2. The number of piperazine rings is 1. The summed E-state index contributed by atoms with van der Waals surface area (Å²) in [6.07, 6.45) is 0.535. The molecule has 1 saturated heterocycles. The van der Waals surface area contributed by atoms with E-state index in [1.165, 1.54) is 5.56 Å². The minimum Gasteiger partial charge on any atom is -0.354 e. The topological polar surface area (TPSA) is 35.6 Å². The first-order valence-corrected chi connectivity index (χ1v) is 9.31. The smallest absolute Gasteiger partial charge is 0.229 e. The van der Waals surface area contributed by atoms with Crippen molar-refractivity contribution in [3.63, 3.8) is 0 Å². The molecule has 1 aliphatic heterocycles. The van der Waals surface area contributed by atoms with Gasteiger partial charge in [0.15, 0.2) is 0 Å². The predicted molar refractivity (Wildman–Crippen MR) is 98.3 cm³/mol. The second-order valence-corrected chi connectivity index (χ2v) is 8.56. The minimum absolute atomic E-state index is 0.0322. The van der Waals surface area contributed by atoms with Gasteiger partial charge in [0.2, 0.25) is 5.91 Å². The highest BCUT2D eigenvalue weighted by Crippen LogP contribution is 2.63. The summed E-state index contributed by atoms with van der Waals surface area (Å²) in [4.78, 5) is 17.0. The van der Waals surface area contributed by atoms with Gasteiger partial charge in [0.25, 0.3) is 0 Å². The Hall–Kier alpha value is -0.810. The van der Waals surface area contributed by atoms with Crippen molar-refractivity contribution in [1.82, 2.24) is 15.1 Å². The zero-order valence-corrected chi connectivity index (χ0v) is 15.6. The second kappa shape index (κ2) is 7.20. The number of benzene rings is 1. The molecule has 1 saturated carbocycles. The van der Waals surface area contributed by atoms with Crippen molar-refractivity contribution >= 4 is 29.1 Å². The zero-order chi connectivity index (χ0) is 17.2. The summed E-state index contributed by atoms with van der Waals surface area (Å²) in [5.74, 6) is -0.0322. The van der Waals surface area contributed by atoms with Crippen LogP contribution in [0.15, 0.2) is 30.3 Å². The average molecular weight is 370 g/mol. The third kappa shape index (κ3) is 4.05. The lowest BCUT2D eigenvalue weighted by molar-refractivity contribution is -0.125. The normalized spacial score (nSPS) is 27.0. The SMILES string of the molecule is CC1(C(=O)NCCN2CCN(Cc3ccccc3)CC2)CC1(Cl)Cl. The maximum Gasteiger partial charge on any atom is 0.229 e. The Morgan fingerprint density at radius 2 is 1.71 bits per heavy atom. The molecule has 1 aromatic carbocycles. The van der Waals surface area contributed by atoms with E-state index >= 15 is 0 Å². The van der Waals surface area contributed by atoms with Crippen molar-refractivity contribution in [2.45, 2.75) is 24.2 Å². The monoisotopic (exact) mass is 369 g/mol. The molecule has 6 heteroatoms. The van der Waals surface area contributed by atoms with Crippen molar-refractivity contribution < 1.29 is 4.79 Å². The lowest BCUT2D eigenvalue weighted by Gasteiger charge is -2.34. The lowest BCUT2D eigenvalue weighted by atomic mass is 10.1. The molecule has 0 bridgehead atoms. The number of hydrogen-bond acceptors (Lipinski definition) is 3. The Morgan fingerprint density at radius 3 is 2.29 bits per heavy atom. The lowest BCUT2D eigenvalue weighted by Crippen LogP contribution is -2.48. The van der Waals surface area contributed by atoms with Gasteiger partial charge in [0.05, 0.1) is 5.41 Å². The van der Waals surface area contributed by atoms with Crippen LogP contribution in [0.3, 0.4) is 0 Å². The van der Waals surface area contributed by atoms with E-state index in [1.807, 2.05) is 6.92 Å². The van der Waals surface area contributed by atoms with E-state index in [0.29, 0.717) is 13.0 Å². The van der Waals surface area contributed by atoms with Crippen LogP contribution in [0.5, 0.6) is 0 Å². The maximum atomic E-state index is 12.1. The Kier molecular flexibility index (Phi) is 5.40. The van der Waals surface area contributed by atoms with Crippen LogP contribution in [0.4, 0.5) is 0 Å². The van der Waals surface area contributed by atoms with Crippen LogP contribution in [-0.2, 0) is 11.3 Å². The van der Waals surface area contributed by atoms with Crippen molar-refractivity contribution in [1.29, 1.82) is 0 Å². The maximum absolute atomic E-state index is 12.1. The number of nitrogens with zero attached hydrogens (tertiary/aromatic N) is 2. The van der Waals surface area contributed by atoms with Crippen LogP contribution in [0.2, 0.25) is 0 Å². The van der Waals surface area contributed by atoms with Gasteiger partial charge in [-0.25, -0.2) is 0 Å². The molecule has 1 amide bonds. The highest BCUT2D eigenvalue weighted by molar-refractivity contribution is 6.53. The zero-order valence-electron chi connectivity index (χ0n) is 14.1. The van der Waals surface area contributed by atoms with E-state index < -0.39 is 9.75 Å².